The van der Waals surface area contributed by atoms with E-state index >= 15 is 0 Å². The van der Waals surface area contributed by atoms with Crippen LogP contribution >= 0.6 is 11.6 Å². The Morgan fingerprint density at radius 3 is 2.58 bits per heavy atom. The number of hydrogen-bond acceptors (Lipinski definition) is 8. The number of aliphatic imine (C=N–C) groups is 1. The van der Waals surface area contributed by atoms with E-state index in [0.717, 1.165) is 0 Å². The van der Waals surface area contributed by atoms with Crippen LogP contribution in [0.3, 0.4) is 0 Å². The van der Waals surface area contributed by atoms with E-state index in [4.69, 9.17) is 39.4 Å². The molecule has 4 rings (SSSR count). The quantitative estimate of drug-likeness (QED) is 0.334. The van der Waals surface area contributed by atoms with E-state index in [-0.39, 0.29) is 28.0 Å². The number of nitrogens with zero attached hydrogens (tertiary/aromatic N) is 2. The van der Waals surface area contributed by atoms with Crippen LogP contribution in [0, 0.1) is 11.3 Å². The highest BCUT2D eigenvalue weighted by Crippen LogP contribution is 2.43. The fraction of sp³-hybridized carbons (Fsp3) is 0.0870. The first kappa shape index (κ1) is 21.8. The second-order valence-corrected chi connectivity index (χ2v) is 6.93. The molecule has 1 aromatic carbocycles. The number of rotatable bonds is 8. The van der Waals surface area contributed by atoms with Crippen molar-refractivity contribution in [2.24, 2.45) is 4.99 Å². The molecule has 0 aliphatic carbocycles. The summed E-state index contributed by atoms with van der Waals surface area (Å²) in [7, 11) is 1.39. The molecular formula is C23H15ClN2O7. The predicted octanol–water partition coefficient (Wildman–Crippen LogP) is 5.55. The molecule has 3 heterocycles. The lowest BCUT2D eigenvalue weighted by Gasteiger charge is -2.11. The van der Waals surface area contributed by atoms with Gasteiger partial charge in [0.25, 0.3) is 0 Å². The Morgan fingerprint density at radius 2 is 1.97 bits per heavy atom. The van der Waals surface area contributed by atoms with Crippen LogP contribution in [0.1, 0.15) is 11.1 Å². The molecule has 0 atom stereocenters. The highest BCUT2D eigenvalue weighted by Gasteiger charge is 2.26. The van der Waals surface area contributed by atoms with Gasteiger partial charge in [-0.3, -0.25) is 0 Å². The van der Waals surface area contributed by atoms with E-state index in [1.54, 1.807) is 30.3 Å². The first-order valence-corrected chi connectivity index (χ1v) is 9.80. The van der Waals surface area contributed by atoms with Gasteiger partial charge in [-0.1, -0.05) is 11.6 Å². The molecule has 0 aliphatic heterocycles. The monoisotopic (exact) mass is 466 g/mol. The average Bonchev–Trinajstić information content (AvgIpc) is 3.56. The number of hydrogen-bond donors (Lipinski definition) is 1. The zero-order chi connectivity index (χ0) is 23.4. The molecule has 0 saturated carbocycles. The van der Waals surface area contributed by atoms with Gasteiger partial charge in [-0.15, -0.1) is 0 Å². The smallest absolute Gasteiger partial charge is 0.341 e. The highest BCUT2D eigenvalue weighted by molar-refractivity contribution is 6.32. The number of carboxylic acid groups (broad SMARTS) is 1. The minimum atomic E-state index is -1.15. The lowest BCUT2D eigenvalue weighted by Crippen LogP contribution is -2.10. The van der Waals surface area contributed by atoms with Gasteiger partial charge in [-0.05, 0) is 42.0 Å². The summed E-state index contributed by atoms with van der Waals surface area (Å²) in [5, 5.41) is 18.8. The molecule has 33 heavy (non-hydrogen) atoms. The first-order chi connectivity index (χ1) is 16.0. The van der Waals surface area contributed by atoms with Gasteiger partial charge in [-0.25, -0.2) is 9.79 Å². The third-order valence-electron chi connectivity index (χ3n) is 4.44. The number of carboxylic acids is 1. The maximum atomic E-state index is 10.8. The normalized spacial score (nSPS) is 10.9. The molecule has 4 aromatic rings. The summed E-state index contributed by atoms with van der Waals surface area (Å²) in [6.45, 7) is -0.577. The standard InChI is InChI=1S/C23H15ClN2O7/c1-29-18-9-13(8-15(24)21(18)32-12-19(27)28)11-26-23-14(10-25)20(16-4-2-6-30-16)22(33-23)17-5-3-7-31-17/h2-9,11H,12H2,1H3,(H,27,28). The second-order valence-electron chi connectivity index (χ2n) is 6.53. The van der Waals surface area contributed by atoms with E-state index in [0.29, 0.717) is 28.4 Å². The van der Waals surface area contributed by atoms with Gasteiger partial charge in [0.05, 0.1) is 30.2 Å². The number of furan rings is 3. The van der Waals surface area contributed by atoms with Gasteiger partial charge >= 0.3 is 5.97 Å². The van der Waals surface area contributed by atoms with Gasteiger partial charge in [0.2, 0.25) is 5.88 Å². The molecular weight excluding hydrogens is 452 g/mol. The van der Waals surface area contributed by atoms with Crippen molar-refractivity contribution in [2.75, 3.05) is 13.7 Å². The van der Waals surface area contributed by atoms with Gasteiger partial charge in [0.15, 0.2) is 29.6 Å². The minimum Gasteiger partial charge on any atom is -0.493 e. The van der Waals surface area contributed by atoms with Crippen molar-refractivity contribution in [2.45, 2.75) is 0 Å². The molecule has 0 unspecified atom stereocenters. The number of halogens is 1. The van der Waals surface area contributed by atoms with E-state index < -0.39 is 12.6 Å². The first-order valence-electron chi connectivity index (χ1n) is 9.42. The Labute approximate surface area is 192 Å². The van der Waals surface area contributed by atoms with Gasteiger partial charge < -0.3 is 27.8 Å². The zero-order valence-corrected chi connectivity index (χ0v) is 17.8. The minimum absolute atomic E-state index is 0.0385. The van der Waals surface area contributed by atoms with Crippen LogP contribution in [-0.4, -0.2) is 31.0 Å². The third-order valence-corrected chi connectivity index (χ3v) is 4.72. The van der Waals surface area contributed by atoms with Crippen LogP contribution in [0.15, 0.2) is 67.2 Å². The molecule has 0 saturated heterocycles. The molecule has 1 N–H and O–H groups in total. The molecule has 166 valence electrons. The lowest BCUT2D eigenvalue weighted by molar-refractivity contribution is -0.139. The van der Waals surface area contributed by atoms with Crippen LogP contribution in [0.4, 0.5) is 5.88 Å². The Hall–Kier alpha value is -4.42. The summed E-state index contributed by atoms with van der Waals surface area (Å²) in [6, 6.07) is 12.0. The molecule has 0 fully saturated rings. The molecule has 9 nitrogen and oxygen atoms in total. The predicted molar refractivity (Wildman–Crippen MR) is 117 cm³/mol. The van der Waals surface area contributed by atoms with E-state index in [1.165, 1.54) is 31.9 Å². The molecule has 0 amide bonds. The third kappa shape index (κ3) is 4.46. The fourth-order valence-corrected chi connectivity index (χ4v) is 3.35. The molecule has 0 bridgehead atoms. The number of benzene rings is 1. The maximum Gasteiger partial charge on any atom is 0.341 e. The molecule has 10 heteroatoms. The summed E-state index contributed by atoms with van der Waals surface area (Å²) in [4.78, 5) is 15.1. The van der Waals surface area contributed by atoms with Crippen LogP contribution in [0.25, 0.3) is 22.8 Å². The fourth-order valence-electron chi connectivity index (χ4n) is 3.07. The average molecular weight is 467 g/mol. The van der Waals surface area contributed by atoms with Crippen LogP contribution in [0.2, 0.25) is 5.02 Å². The van der Waals surface area contributed by atoms with Crippen molar-refractivity contribution in [1.82, 2.24) is 0 Å². The van der Waals surface area contributed by atoms with Gasteiger partial charge in [0, 0.05) is 6.21 Å². The van der Waals surface area contributed by atoms with E-state index in [1.807, 2.05) is 0 Å². The number of carbonyl (C=O) groups is 1. The Bertz CT molecular complexity index is 1350. The molecule has 0 aliphatic rings. The topological polar surface area (TPSA) is 131 Å². The summed E-state index contributed by atoms with van der Waals surface area (Å²) >= 11 is 6.24. The second kappa shape index (κ2) is 9.38. The number of methoxy groups -OCH3 is 1. The van der Waals surface area contributed by atoms with Gasteiger partial charge in [0.1, 0.15) is 17.4 Å². The van der Waals surface area contributed by atoms with Crippen molar-refractivity contribution >= 4 is 29.7 Å². The summed E-state index contributed by atoms with van der Waals surface area (Å²) in [6.07, 6.45) is 4.40. The number of nitriles is 1. The SMILES string of the molecule is COc1cc(C=Nc2oc(-c3ccco3)c(-c3ccco3)c2C#N)cc(Cl)c1OCC(=O)O. The number of aliphatic carboxylic acids is 1. The van der Waals surface area contributed by atoms with Crippen LogP contribution in [-0.2, 0) is 4.79 Å². The lowest BCUT2D eigenvalue weighted by atomic mass is 10.1. The molecule has 0 radical (unpaired) electrons. The van der Waals surface area contributed by atoms with Crippen molar-refractivity contribution in [1.29, 1.82) is 5.26 Å². The maximum absolute atomic E-state index is 10.8. The Morgan fingerprint density at radius 1 is 1.24 bits per heavy atom. The zero-order valence-electron chi connectivity index (χ0n) is 17.1. The van der Waals surface area contributed by atoms with Crippen molar-refractivity contribution < 1.29 is 32.6 Å². The van der Waals surface area contributed by atoms with Crippen molar-refractivity contribution in [3.63, 3.8) is 0 Å². The summed E-state index contributed by atoms with van der Waals surface area (Å²) in [5.41, 5.74) is 1.07. The summed E-state index contributed by atoms with van der Waals surface area (Å²) < 4.78 is 27.2. The molecule has 3 aromatic heterocycles. The van der Waals surface area contributed by atoms with E-state index in [2.05, 4.69) is 11.1 Å². The number of ether oxygens (including phenoxy) is 2. The van der Waals surface area contributed by atoms with Crippen molar-refractivity contribution in [3.05, 3.63) is 65.1 Å². The largest absolute Gasteiger partial charge is 0.493 e. The van der Waals surface area contributed by atoms with E-state index in [9.17, 15) is 10.1 Å². The van der Waals surface area contributed by atoms with Crippen LogP contribution in [0.5, 0.6) is 11.5 Å². The van der Waals surface area contributed by atoms with Gasteiger partial charge in [-0.2, -0.15) is 5.26 Å². The molecule has 0 spiro atoms. The van der Waals surface area contributed by atoms with Crippen molar-refractivity contribution in [3.8, 4) is 40.4 Å². The highest BCUT2D eigenvalue weighted by atomic mass is 35.5. The summed E-state index contributed by atoms with van der Waals surface area (Å²) in [5.74, 6) is 0.327. The Kier molecular flexibility index (Phi) is 6.20. The van der Waals surface area contributed by atoms with Crippen LogP contribution < -0.4 is 9.47 Å². The Balaban J connectivity index is 1.75.